The van der Waals surface area contributed by atoms with Gasteiger partial charge in [0.15, 0.2) is 0 Å². The Balaban J connectivity index is 2.11. The van der Waals surface area contributed by atoms with E-state index in [0.29, 0.717) is 17.0 Å². The van der Waals surface area contributed by atoms with Gasteiger partial charge in [0, 0.05) is 17.9 Å². The monoisotopic (exact) mass is 348 g/mol. The fraction of sp³-hybridized carbons (Fsp3) is 0.333. The molecule has 0 amide bonds. The molecule has 24 heavy (non-hydrogen) atoms. The molecule has 0 radical (unpaired) electrons. The van der Waals surface area contributed by atoms with Gasteiger partial charge in [0.2, 0.25) is 0 Å². The SMILES string of the molecule is CCCCNc1ccc(NS(=O)(=O)c2ccc(OC)cc2C)cc1. The lowest BCUT2D eigenvalue weighted by molar-refractivity contribution is 0.414. The van der Waals surface area contributed by atoms with Crippen molar-refractivity contribution in [3.63, 3.8) is 0 Å². The minimum Gasteiger partial charge on any atom is -0.497 e. The fourth-order valence-electron chi connectivity index (χ4n) is 2.33. The molecule has 0 unspecified atom stereocenters. The lowest BCUT2D eigenvalue weighted by Crippen LogP contribution is -2.14. The van der Waals surface area contributed by atoms with Crippen LogP contribution >= 0.6 is 0 Å². The van der Waals surface area contributed by atoms with Gasteiger partial charge in [-0.15, -0.1) is 0 Å². The molecule has 0 spiro atoms. The first-order valence-electron chi connectivity index (χ1n) is 7.97. The standard InChI is InChI=1S/C18H24N2O3S/c1-4-5-12-19-15-6-8-16(9-7-15)20-24(21,22)18-11-10-17(23-3)13-14(18)2/h6-11,13,19-20H,4-5,12H2,1-3H3. The quantitative estimate of drug-likeness (QED) is 0.707. The second-order valence-corrected chi connectivity index (χ2v) is 7.25. The van der Waals surface area contributed by atoms with E-state index < -0.39 is 10.0 Å². The van der Waals surface area contributed by atoms with Gasteiger partial charge in [0.05, 0.1) is 12.0 Å². The van der Waals surface area contributed by atoms with Crippen molar-refractivity contribution in [3.05, 3.63) is 48.0 Å². The van der Waals surface area contributed by atoms with Crippen LogP contribution < -0.4 is 14.8 Å². The van der Waals surface area contributed by atoms with Gasteiger partial charge in [-0.25, -0.2) is 8.42 Å². The van der Waals surface area contributed by atoms with Crippen molar-refractivity contribution < 1.29 is 13.2 Å². The smallest absolute Gasteiger partial charge is 0.262 e. The number of sulfonamides is 1. The van der Waals surface area contributed by atoms with Crippen LogP contribution in [0.3, 0.4) is 0 Å². The number of hydrogen-bond donors (Lipinski definition) is 2. The highest BCUT2D eigenvalue weighted by atomic mass is 32.2. The van der Waals surface area contributed by atoms with E-state index in [0.717, 1.165) is 25.1 Å². The summed E-state index contributed by atoms with van der Waals surface area (Å²) in [5.74, 6) is 0.633. The largest absolute Gasteiger partial charge is 0.497 e. The first-order chi connectivity index (χ1) is 11.5. The Bertz CT molecular complexity index is 771. The normalized spacial score (nSPS) is 11.1. The molecule has 6 heteroatoms. The van der Waals surface area contributed by atoms with Gasteiger partial charge in [0.25, 0.3) is 10.0 Å². The van der Waals surface area contributed by atoms with E-state index in [1.54, 1.807) is 44.4 Å². The van der Waals surface area contributed by atoms with Gasteiger partial charge in [-0.2, -0.15) is 0 Å². The molecule has 2 rings (SSSR count). The van der Waals surface area contributed by atoms with Crippen molar-refractivity contribution in [1.82, 2.24) is 0 Å². The summed E-state index contributed by atoms with van der Waals surface area (Å²) < 4.78 is 32.8. The fourth-order valence-corrected chi connectivity index (χ4v) is 3.61. The molecule has 2 aromatic carbocycles. The average Bonchev–Trinajstić information content (AvgIpc) is 2.56. The molecule has 0 saturated carbocycles. The molecule has 5 nitrogen and oxygen atoms in total. The highest BCUT2D eigenvalue weighted by Gasteiger charge is 2.17. The number of unbranched alkanes of at least 4 members (excludes halogenated alkanes) is 1. The van der Waals surface area contributed by atoms with E-state index in [2.05, 4.69) is 17.0 Å². The van der Waals surface area contributed by atoms with Crippen LogP contribution in [0.2, 0.25) is 0 Å². The Morgan fingerprint density at radius 2 is 1.71 bits per heavy atom. The highest BCUT2D eigenvalue weighted by molar-refractivity contribution is 7.92. The maximum atomic E-state index is 12.6. The van der Waals surface area contributed by atoms with Gasteiger partial charge in [0.1, 0.15) is 5.75 Å². The molecular weight excluding hydrogens is 324 g/mol. The van der Waals surface area contributed by atoms with Crippen LogP contribution in [0, 0.1) is 6.92 Å². The zero-order chi connectivity index (χ0) is 17.6. The molecule has 0 atom stereocenters. The van der Waals surface area contributed by atoms with Crippen molar-refractivity contribution in [2.24, 2.45) is 0 Å². The van der Waals surface area contributed by atoms with E-state index in [4.69, 9.17) is 4.74 Å². The molecule has 0 saturated heterocycles. The molecule has 130 valence electrons. The molecule has 0 aliphatic carbocycles. The molecule has 2 aromatic rings. The number of benzene rings is 2. The van der Waals surface area contributed by atoms with Gasteiger partial charge in [-0.3, -0.25) is 4.72 Å². The number of ether oxygens (including phenoxy) is 1. The van der Waals surface area contributed by atoms with Crippen LogP contribution in [0.15, 0.2) is 47.4 Å². The van der Waals surface area contributed by atoms with Crippen molar-refractivity contribution in [1.29, 1.82) is 0 Å². The van der Waals surface area contributed by atoms with Gasteiger partial charge in [-0.05, 0) is 61.4 Å². The van der Waals surface area contributed by atoms with Crippen molar-refractivity contribution in [2.45, 2.75) is 31.6 Å². The van der Waals surface area contributed by atoms with Crippen molar-refractivity contribution in [2.75, 3.05) is 23.7 Å². The Morgan fingerprint density at radius 1 is 1.04 bits per heavy atom. The number of nitrogens with one attached hydrogen (secondary N) is 2. The van der Waals surface area contributed by atoms with Crippen LogP contribution in [-0.4, -0.2) is 22.1 Å². The maximum absolute atomic E-state index is 12.6. The summed E-state index contributed by atoms with van der Waals surface area (Å²) >= 11 is 0. The minimum atomic E-state index is -3.63. The van der Waals surface area contributed by atoms with Crippen LogP contribution in [0.4, 0.5) is 11.4 Å². The number of rotatable bonds is 8. The summed E-state index contributed by atoms with van der Waals surface area (Å²) in [5, 5.41) is 3.30. The first-order valence-corrected chi connectivity index (χ1v) is 9.46. The molecule has 0 bridgehead atoms. The van der Waals surface area contributed by atoms with Gasteiger partial charge in [-0.1, -0.05) is 13.3 Å². The third-order valence-corrected chi connectivity index (χ3v) is 5.21. The van der Waals surface area contributed by atoms with Crippen LogP contribution in [0.5, 0.6) is 5.75 Å². The maximum Gasteiger partial charge on any atom is 0.262 e. The lowest BCUT2D eigenvalue weighted by atomic mass is 10.2. The first kappa shape index (κ1) is 18.1. The predicted octanol–water partition coefficient (Wildman–Crippen LogP) is 4.02. The molecule has 2 N–H and O–H groups in total. The number of anilines is 2. The molecule has 0 heterocycles. The Hall–Kier alpha value is -2.21. The van der Waals surface area contributed by atoms with Crippen molar-refractivity contribution in [3.8, 4) is 5.75 Å². The van der Waals surface area contributed by atoms with Crippen LogP contribution in [0.1, 0.15) is 25.3 Å². The van der Waals surface area contributed by atoms with E-state index in [-0.39, 0.29) is 4.90 Å². The van der Waals surface area contributed by atoms with E-state index in [1.165, 1.54) is 0 Å². The van der Waals surface area contributed by atoms with Crippen LogP contribution in [-0.2, 0) is 10.0 Å². The molecule has 0 fully saturated rings. The summed E-state index contributed by atoms with van der Waals surface area (Å²) in [7, 11) is -2.08. The second-order valence-electron chi connectivity index (χ2n) is 5.59. The third-order valence-electron chi connectivity index (χ3n) is 3.67. The molecule has 0 aliphatic rings. The average molecular weight is 348 g/mol. The molecule has 0 aromatic heterocycles. The number of aryl methyl sites for hydroxylation is 1. The number of hydrogen-bond acceptors (Lipinski definition) is 4. The second kappa shape index (κ2) is 8.06. The topological polar surface area (TPSA) is 67.4 Å². The Morgan fingerprint density at radius 3 is 2.29 bits per heavy atom. The summed E-state index contributed by atoms with van der Waals surface area (Å²) in [4.78, 5) is 0.244. The highest BCUT2D eigenvalue weighted by Crippen LogP contribution is 2.24. The Kier molecular flexibility index (Phi) is 6.09. The van der Waals surface area contributed by atoms with Gasteiger partial charge < -0.3 is 10.1 Å². The lowest BCUT2D eigenvalue weighted by Gasteiger charge is -2.12. The summed E-state index contributed by atoms with van der Waals surface area (Å²) in [5.41, 5.74) is 2.15. The zero-order valence-electron chi connectivity index (χ0n) is 14.3. The van der Waals surface area contributed by atoms with E-state index >= 15 is 0 Å². The minimum absolute atomic E-state index is 0.244. The summed E-state index contributed by atoms with van der Waals surface area (Å²) in [6.07, 6.45) is 2.23. The zero-order valence-corrected chi connectivity index (χ0v) is 15.1. The molecular formula is C18H24N2O3S. The van der Waals surface area contributed by atoms with Gasteiger partial charge >= 0.3 is 0 Å². The number of methoxy groups -OCH3 is 1. The predicted molar refractivity (Wildman–Crippen MR) is 98.4 cm³/mol. The Labute approximate surface area is 144 Å². The molecule has 0 aliphatic heterocycles. The van der Waals surface area contributed by atoms with E-state index in [1.807, 2.05) is 12.1 Å². The third kappa shape index (κ3) is 4.64. The van der Waals surface area contributed by atoms with E-state index in [9.17, 15) is 8.42 Å². The van der Waals surface area contributed by atoms with Crippen molar-refractivity contribution >= 4 is 21.4 Å². The summed E-state index contributed by atoms with van der Waals surface area (Å²) in [6, 6.07) is 12.1. The van der Waals surface area contributed by atoms with Crippen LogP contribution in [0.25, 0.3) is 0 Å². The summed E-state index contributed by atoms with van der Waals surface area (Å²) in [6.45, 7) is 4.80.